The predicted molar refractivity (Wildman–Crippen MR) is 82.8 cm³/mol. The summed E-state index contributed by atoms with van der Waals surface area (Å²) in [6.45, 7) is 0. The normalized spacial score (nSPS) is 10.6. The van der Waals surface area contributed by atoms with E-state index in [4.69, 9.17) is 4.52 Å². The van der Waals surface area contributed by atoms with Crippen LogP contribution < -0.4 is 0 Å². The standard InChI is InChI=1S/C15H9Br2NO/c16-12-6-4-10(5-7-12)14-9-15(19-18-14)11-2-1-3-13(17)8-11/h1-9H. The van der Waals surface area contributed by atoms with Gasteiger partial charge in [0.2, 0.25) is 0 Å². The molecule has 0 atom stereocenters. The van der Waals surface area contributed by atoms with Crippen molar-refractivity contribution in [1.29, 1.82) is 0 Å². The van der Waals surface area contributed by atoms with Crippen molar-refractivity contribution >= 4 is 31.9 Å². The largest absolute Gasteiger partial charge is 0.356 e. The minimum absolute atomic E-state index is 0.763. The molecule has 2 nitrogen and oxygen atoms in total. The zero-order valence-electron chi connectivity index (χ0n) is 9.81. The van der Waals surface area contributed by atoms with Gasteiger partial charge in [0.15, 0.2) is 5.76 Å². The smallest absolute Gasteiger partial charge is 0.167 e. The van der Waals surface area contributed by atoms with Crippen LogP contribution in [0.15, 0.2) is 68.1 Å². The first-order valence-electron chi connectivity index (χ1n) is 5.71. The van der Waals surface area contributed by atoms with E-state index in [1.807, 2.05) is 54.6 Å². The summed E-state index contributed by atoms with van der Waals surface area (Å²) < 4.78 is 7.48. The third-order valence-electron chi connectivity index (χ3n) is 2.76. The summed E-state index contributed by atoms with van der Waals surface area (Å²) in [5, 5.41) is 4.12. The fraction of sp³-hybridized carbons (Fsp3) is 0. The van der Waals surface area contributed by atoms with E-state index in [-0.39, 0.29) is 0 Å². The number of benzene rings is 2. The Labute approximate surface area is 127 Å². The lowest BCUT2D eigenvalue weighted by Crippen LogP contribution is -1.75. The quantitative estimate of drug-likeness (QED) is 0.585. The van der Waals surface area contributed by atoms with Crippen molar-refractivity contribution < 1.29 is 4.52 Å². The lowest BCUT2D eigenvalue weighted by Gasteiger charge is -1.95. The Bertz CT molecular complexity index is 704. The third-order valence-corrected chi connectivity index (χ3v) is 3.78. The number of hydrogen-bond acceptors (Lipinski definition) is 2. The van der Waals surface area contributed by atoms with Crippen molar-refractivity contribution in [3.8, 4) is 22.6 Å². The number of nitrogens with zero attached hydrogens (tertiary/aromatic N) is 1. The van der Waals surface area contributed by atoms with Gasteiger partial charge in [0, 0.05) is 26.1 Å². The average molecular weight is 379 g/mol. The van der Waals surface area contributed by atoms with Crippen LogP contribution in [0.3, 0.4) is 0 Å². The first-order chi connectivity index (χ1) is 9.22. The highest BCUT2D eigenvalue weighted by Gasteiger charge is 2.08. The average Bonchev–Trinajstić information content (AvgIpc) is 2.89. The minimum Gasteiger partial charge on any atom is -0.356 e. The van der Waals surface area contributed by atoms with Crippen molar-refractivity contribution in [2.24, 2.45) is 0 Å². The Hall–Kier alpha value is -1.39. The van der Waals surface area contributed by atoms with Gasteiger partial charge in [-0.15, -0.1) is 0 Å². The number of rotatable bonds is 2. The predicted octanol–water partition coefficient (Wildman–Crippen LogP) is 5.53. The molecular formula is C15H9Br2NO. The molecule has 0 amide bonds. The maximum Gasteiger partial charge on any atom is 0.167 e. The van der Waals surface area contributed by atoms with E-state index in [1.54, 1.807) is 0 Å². The maximum absolute atomic E-state index is 5.41. The van der Waals surface area contributed by atoms with Crippen LogP contribution in [0.4, 0.5) is 0 Å². The lowest BCUT2D eigenvalue weighted by molar-refractivity contribution is 0.435. The molecule has 0 aliphatic heterocycles. The second-order valence-electron chi connectivity index (χ2n) is 4.09. The monoisotopic (exact) mass is 377 g/mol. The van der Waals surface area contributed by atoms with Crippen molar-refractivity contribution in [3.63, 3.8) is 0 Å². The van der Waals surface area contributed by atoms with Crippen molar-refractivity contribution in [1.82, 2.24) is 5.16 Å². The van der Waals surface area contributed by atoms with Gasteiger partial charge in [-0.05, 0) is 24.3 Å². The number of halogens is 2. The molecule has 2 aromatic carbocycles. The van der Waals surface area contributed by atoms with E-state index in [0.717, 1.165) is 31.5 Å². The Kier molecular flexibility index (Phi) is 3.53. The van der Waals surface area contributed by atoms with Gasteiger partial charge < -0.3 is 4.52 Å². The van der Waals surface area contributed by atoms with Gasteiger partial charge in [0.05, 0.1) is 0 Å². The van der Waals surface area contributed by atoms with Crippen LogP contribution in [-0.2, 0) is 0 Å². The molecule has 0 unspecified atom stereocenters. The summed E-state index contributed by atoms with van der Waals surface area (Å²) in [6, 6.07) is 17.9. The first kappa shape index (κ1) is 12.6. The molecule has 0 fully saturated rings. The highest BCUT2D eigenvalue weighted by molar-refractivity contribution is 9.10. The zero-order chi connectivity index (χ0) is 13.2. The van der Waals surface area contributed by atoms with Crippen LogP contribution in [0.5, 0.6) is 0 Å². The van der Waals surface area contributed by atoms with Crippen LogP contribution in [0.2, 0.25) is 0 Å². The molecule has 1 aromatic heterocycles. The Morgan fingerprint density at radius 1 is 0.789 bits per heavy atom. The summed E-state index contributed by atoms with van der Waals surface area (Å²) in [6.07, 6.45) is 0. The molecule has 0 spiro atoms. The SMILES string of the molecule is Brc1ccc(-c2cc(-c3cccc(Br)c3)on2)cc1. The molecule has 0 aliphatic carbocycles. The topological polar surface area (TPSA) is 26.0 Å². The van der Waals surface area contributed by atoms with Crippen LogP contribution in [-0.4, -0.2) is 5.16 Å². The molecule has 3 aromatic rings. The van der Waals surface area contributed by atoms with E-state index < -0.39 is 0 Å². The Morgan fingerprint density at radius 3 is 2.32 bits per heavy atom. The molecule has 0 saturated heterocycles. The fourth-order valence-corrected chi connectivity index (χ4v) is 2.47. The second kappa shape index (κ2) is 5.31. The van der Waals surface area contributed by atoms with Gasteiger partial charge in [-0.1, -0.05) is 61.3 Å². The molecular weight excluding hydrogens is 370 g/mol. The Balaban J connectivity index is 1.97. The van der Waals surface area contributed by atoms with Gasteiger partial charge >= 0.3 is 0 Å². The number of hydrogen-bond donors (Lipinski definition) is 0. The van der Waals surface area contributed by atoms with Gasteiger partial charge in [-0.2, -0.15) is 0 Å². The van der Waals surface area contributed by atoms with Crippen molar-refractivity contribution in [2.75, 3.05) is 0 Å². The minimum atomic E-state index is 0.763. The summed E-state index contributed by atoms with van der Waals surface area (Å²) in [5.74, 6) is 0.763. The van der Waals surface area contributed by atoms with E-state index >= 15 is 0 Å². The molecule has 0 aliphatic rings. The molecule has 4 heteroatoms. The highest BCUT2D eigenvalue weighted by atomic mass is 79.9. The highest BCUT2D eigenvalue weighted by Crippen LogP contribution is 2.28. The molecule has 0 radical (unpaired) electrons. The summed E-state index contributed by atoms with van der Waals surface area (Å²) in [5.41, 5.74) is 2.88. The van der Waals surface area contributed by atoms with E-state index in [9.17, 15) is 0 Å². The molecule has 0 saturated carbocycles. The zero-order valence-corrected chi connectivity index (χ0v) is 13.0. The van der Waals surface area contributed by atoms with Crippen molar-refractivity contribution in [3.05, 3.63) is 63.5 Å². The molecule has 1 heterocycles. The molecule has 94 valence electrons. The van der Waals surface area contributed by atoms with E-state index in [0.29, 0.717) is 0 Å². The fourth-order valence-electron chi connectivity index (χ4n) is 1.81. The number of aromatic nitrogens is 1. The molecule has 0 N–H and O–H groups in total. The van der Waals surface area contributed by atoms with E-state index in [1.165, 1.54) is 0 Å². The molecule has 3 rings (SSSR count). The summed E-state index contributed by atoms with van der Waals surface area (Å²) in [4.78, 5) is 0. The van der Waals surface area contributed by atoms with Crippen LogP contribution in [0.25, 0.3) is 22.6 Å². The van der Waals surface area contributed by atoms with Crippen LogP contribution >= 0.6 is 31.9 Å². The Morgan fingerprint density at radius 2 is 1.58 bits per heavy atom. The molecule has 19 heavy (non-hydrogen) atoms. The first-order valence-corrected chi connectivity index (χ1v) is 7.29. The van der Waals surface area contributed by atoms with Gasteiger partial charge in [0.25, 0.3) is 0 Å². The van der Waals surface area contributed by atoms with E-state index in [2.05, 4.69) is 37.0 Å². The summed E-state index contributed by atoms with van der Waals surface area (Å²) >= 11 is 6.87. The van der Waals surface area contributed by atoms with Gasteiger partial charge in [0.1, 0.15) is 5.69 Å². The van der Waals surface area contributed by atoms with Crippen molar-refractivity contribution in [2.45, 2.75) is 0 Å². The van der Waals surface area contributed by atoms with Crippen LogP contribution in [0.1, 0.15) is 0 Å². The maximum atomic E-state index is 5.41. The van der Waals surface area contributed by atoms with Crippen LogP contribution in [0, 0.1) is 0 Å². The third kappa shape index (κ3) is 2.80. The van der Waals surface area contributed by atoms with Gasteiger partial charge in [-0.3, -0.25) is 0 Å². The van der Waals surface area contributed by atoms with Gasteiger partial charge in [-0.25, -0.2) is 0 Å². The second-order valence-corrected chi connectivity index (χ2v) is 5.92. The lowest BCUT2D eigenvalue weighted by atomic mass is 10.1. The molecule has 0 bridgehead atoms. The summed E-state index contributed by atoms with van der Waals surface area (Å²) in [7, 11) is 0.